The van der Waals surface area contributed by atoms with Crippen molar-refractivity contribution in [3.05, 3.63) is 52.7 Å². The molecular formula is C17H22N4OS. The summed E-state index contributed by atoms with van der Waals surface area (Å²) in [5.74, 6) is 0.0537. The zero-order valence-electron chi connectivity index (χ0n) is 13.2. The van der Waals surface area contributed by atoms with E-state index in [4.69, 9.17) is 0 Å². The minimum absolute atomic E-state index is 0.0537. The first-order chi connectivity index (χ1) is 11.2. The van der Waals surface area contributed by atoms with E-state index in [1.165, 1.54) is 4.88 Å². The van der Waals surface area contributed by atoms with E-state index in [1.807, 2.05) is 31.3 Å². The highest BCUT2D eigenvalue weighted by Crippen LogP contribution is 2.25. The number of carbonyl (C=O) groups is 1. The lowest BCUT2D eigenvalue weighted by Gasteiger charge is -2.20. The van der Waals surface area contributed by atoms with Gasteiger partial charge in [-0.05, 0) is 30.0 Å². The van der Waals surface area contributed by atoms with Gasteiger partial charge in [-0.3, -0.25) is 4.79 Å². The van der Waals surface area contributed by atoms with Gasteiger partial charge in [0, 0.05) is 30.7 Å². The van der Waals surface area contributed by atoms with Crippen molar-refractivity contribution in [2.75, 3.05) is 25.0 Å². The van der Waals surface area contributed by atoms with Gasteiger partial charge in [0.2, 0.25) is 5.91 Å². The molecule has 0 bridgehead atoms. The second kappa shape index (κ2) is 7.59. The maximum atomic E-state index is 12.2. The molecular weight excluding hydrogens is 308 g/mol. The zero-order chi connectivity index (χ0) is 16.1. The van der Waals surface area contributed by atoms with Crippen molar-refractivity contribution < 1.29 is 4.79 Å². The Bertz CT molecular complexity index is 617. The van der Waals surface area contributed by atoms with Crippen molar-refractivity contribution in [3.8, 4) is 0 Å². The number of thiophene rings is 1. The first-order valence-corrected chi connectivity index (χ1v) is 8.70. The number of hydrogen-bond donors (Lipinski definition) is 3. The van der Waals surface area contributed by atoms with E-state index in [-0.39, 0.29) is 18.0 Å². The minimum atomic E-state index is -0.177. The third-order valence-corrected chi connectivity index (χ3v) is 5.04. The van der Waals surface area contributed by atoms with Crippen LogP contribution in [0.2, 0.25) is 0 Å². The molecule has 6 heteroatoms. The number of nitrogens with zero attached hydrogens (tertiary/aromatic N) is 1. The second-order valence-corrected chi connectivity index (χ2v) is 6.67. The van der Waals surface area contributed by atoms with Gasteiger partial charge in [0.05, 0.1) is 6.04 Å². The number of rotatable bonds is 6. The number of para-hydroxylation sites is 1. The van der Waals surface area contributed by atoms with Crippen molar-refractivity contribution in [1.82, 2.24) is 16.2 Å². The lowest BCUT2D eigenvalue weighted by molar-refractivity contribution is -0.122. The van der Waals surface area contributed by atoms with Crippen LogP contribution in [0.25, 0.3) is 0 Å². The molecule has 3 N–H and O–H groups in total. The number of likely N-dealkylation sites (N-methyl/N-ethyl adjacent to an activating group) is 1. The van der Waals surface area contributed by atoms with E-state index in [1.54, 1.807) is 11.3 Å². The van der Waals surface area contributed by atoms with E-state index in [0.29, 0.717) is 6.54 Å². The Kier molecular flexibility index (Phi) is 5.27. The highest BCUT2D eigenvalue weighted by Gasteiger charge is 2.30. The van der Waals surface area contributed by atoms with Crippen LogP contribution < -0.4 is 21.1 Å². The molecule has 2 atom stereocenters. The zero-order valence-corrected chi connectivity index (χ0v) is 14.0. The number of anilines is 1. The molecule has 1 saturated heterocycles. The fourth-order valence-corrected chi connectivity index (χ4v) is 3.48. The molecule has 122 valence electrons. The summed E-state index contributed by atoms with van der Waals surface area (Å²) < 4.78 is 0. The molecule has 2 aromatic rings. The van der Waals surface area contributed by atoms with Crippen LogP contribution in [0.1, 0.15) is 17.3 Å². The smallest absolute Gasteiger partial charge is 0.238 e. The van der Waals surface area contributed by atoms with Crippen LogP contribution in [-0.4, -0.2) is 32.1 Å². The predicted molar refractivity (Wildman–Crippen MR) is 94.5 cm³/mol. The van der Waals surface area contributed by atoms with Crippen LogP contribution in [-0.2, 0) is 4.79 Å². The summed E-state index contributed by atoms with van der Waals surface area (Å²) in [5, 5.41) is 5.07. The highest BCUT2D eigenvalue weighted by atomic mass is 32.1. The number of nitrogens with one attached hydrogen (secondary N) is 3. The summed E-state index contributed by atoms with van der Waals surface area (Å²) in [6.45, 7) is 1.41. The summed E-state index contributed by atoms with van der Waals surface area (Å²) in [4.78, 5) is 15.6. The molecule has 2 heterocycles. The molecule has 1 fully saturated rings. The van der Waals surface area contributed by atoms with Gasteiger partial charge in [-0.15, -0.1) is 11.3 Å². The normalized spacial score (nSPS) is 20.4. The number of hydrogen-bond acceptors (Lipinski definition) is 5. The molecule has 2 unspecified atom stereocenters. The molecule has 0 radical (unpaired) electrons. The van der Waals surface area contributed by atoms with Gasteiger partial charge in [-0.25, -0.2) is 10.9 Å². The summed E-state index contributed by atoms with van der Waals surface area (Å²) in [6, 6.07) is 14.3. The molecule has 0 saturated carbocycles. The standard InChI is InChI=1S/C17H22N4OS/c1-21(13-6-3-2-4-7-13)10-9-18-17(22)15-12-14(19-20-15)16-8-5-11-23-16/h2-8,11,14-15,19-20H,9-10,12H2,1H3,(H,18,22). The van der Waals surface area contributed by atoms with Crippen molar-refractivity contribution in [2.24, 2.45) is 0 Å². The van der Waals surface area contributed by atoms with Crippen molar-refractivity contribution in [3.63, 3.8) is 0 Å². The third kappa shape index (κ3) is 4.10. The number of carbonyl (C=O) groups excluding carboxylic acids is 1. The van der Waals surface area contributed by atoms with E-state index in [0.717, 1.165) is 18.7 Å². The Morgan fingerprint density at radius 2 is 2.09 bits per heavy atom. The fourth-order valence-electron chi connectivity index (χ4n) is 2.69. The topological polar surface area (TPSA) is 56.4 Å². The molecule has 1 aliphatic heterocycles. The summed E-state index contributed by atoms with van der Waals surface area (Å²) in [6.07, 6.45) is 0.779. The average Bonchev–Trinajstić information content (AvgIpc) is 3.26. The fraction of sp³-hybridized carbons (Fsp3) is 0.353. The van der Waals surface area contributed by atoms with Crippen molar-refractivity contribution in [2.45, 2.75) is 18.5 Å². The molecule has 1 aliphatic rings. The van der Waals surface area contributed by atoms with Crippen molar-refractivity contribution in [1.29, 1.82) is 0 Å². The molecule has 3 rings (SSSR count). The first kappa shape index (κ1) is 16.0. The monoisotopic (exact) mass is 330 g/mol. The van der Waals surface area contributed by atoms with Gasteiger partial charge in [-0.1, -0.05) is 24.3 Å². The summed E-state index contributed by atoms with van der Waals surface area (Å²) in [7, 11) is 2.03. The molecule has 1 aromatic carbocycles. The van der Waals surface area contributed by atoms with E-state index < -0.39 is 0 Å². The highest BCUT2D eigenvalue weighted by molar-refractivity contribution is 7.10. The maximum Gasteiger partial charge on any atom is 0.238 e. The lowest BCUT2D eigenvalue weighted by Crippen LogP contribution is -2.45. The third-order valence-electron chi connectivity index (χ3n) is 4.05. The molecule has 1 amide bonds. The lowest BCUT2D eigenvalue weighted by atomic mass is 10.1. The van der Waals surface area contributed by atoms with Crippen molar-refractivity contribution >= 4 is 22.9 Å². The number of amides is 1. The largest absolute Gasteiger partial charge is 0.373 e. The van der Waals surface area contributed by atoms with E-state index >= 15 is 0 Å². The van der Waals surface area contributed by atoms with Gasteiger partial charge in [0.15, 0.2) is 0 Å². The number of benzene rings is 1. The Hall–Kier alpha value is -1.89. The second-order valence-electron chi connectivity index (χ2n) is 5.69. The molecule has 0 spiro atoms. The molecule has 5 nitrogen and oxygen atoms in total. The maximum absolute atomic E-state index is 12.2. The van der Waals surface area contributed by atoms with E-state index in [2.05, 4.69) is 44.6 Å². The van der Waals surface area contributed by atoms with Gasteiger partial charge >= 0.3 is 0 Å². The summed E-state index contributed by atoms with van der Waals surface area (Å²) in [5.41, 5.74) is 7.45. The SMILES string of the molecule is CN(CCNC(=O)C1CC(c2cccs2)NN1)c1ccccc1. The van der Waals surface area contributed by atoms with Crippen LogP contribution in [0.4, 0.5) is 5.69 Å². The van der Waals surface area contributed by atoms with Gasteiger partial charge in [0.1, 0.15) is 6.04 Å². The average molecular weight is 330 g/mol. The molecule has 1 aromatic heterocycles. The minimum Gasteiger partial charge on any atom is -0.373 e. The Labute approximate surface area is 140 Å². The quantitative estimate of drug-likeness (QED) is 0.757. The van der Waals surface area contributed by atoms with Gasteiger partial charge in [-0.2, -0.15) is 0 Å². The molecule has 23 heavy (non-hydrogen) atoms. The van der Waals surface area contributed by atoms with Crippen LogP contribution >= 0.6 is 11.3 Å². The van der Waals surface area contributed by atoms with Gasteiger partial charge < -0.3 is 10.2 Å². The Morgan fingerprint density at radius 3 is 2.83 bits per heavy atom. The van der Waals surface area contributed by atoms with Crippen LogP contribution in [0.15, 0.2) is 47.8 Å². The molecule has 0 aliphatic carbocycles. The van der Waals surface area contributed by atoms with Crippen LogP contribution in [0.3, 0.4) is 0 Å². The number of hydrazine groups is 1. The van der Waals surface area contributed by atoms with E-state index in [9.17, 15) is 4.79 Å². The van der Waals surface area contributed by atoms with Crippen LogP contribution in [0, 0.1) is 0 Å². The first-order valence-electron chi connectivity index (χ1n) is 7.82. The van der Waals surface area contributed by atoms with Crippen LogP contribution in [0.5, 0.6) is 0 Å². The summed E-state index contributed by atoms with van der Waals surface area (Å²) >= 11 is 1.71. The Balaban J connectivity index is 1.42. The van der Waals surface area contributed by atoms with Gasteiger partial charge in [0.25, 0.3) is 0 Å². The Morgan fingerprint density at radius 1 is 1.26 bits per heavy atom. The predicted octanol–water partition coefficient (Wildman–Crippen LogP) is 1.91.